The zero-order valence-electron chi connectivity index (χ0n) is 30.3. The molecule has 4 fully saturated rings. The highest BCUT2D eigenvalue weighted by atomic mass is 16.5. The zero-order valence-corrected chi connectivity index (χ0v) is 30.3. The van der Waals surface area contributed by atoms with Crippen LogP contribution in [0.15, 0.2) is 53.8 Å². The number of aromatic nitrogens is 1. The fourth-order valence-corrected chi connectivity index (χ4v) is 13.6. The van der Waals surface area contributed by atoms with Crippen LogP contribution in [0.1, 0.15) is 124 Å². The van der Waals surface area contributed by atoms with E-state index in [0.29, 0.717) is 57.6 Å². The molecule has 0 spiro atoms. The van der Waals surface area contributed by atoms with E-state index in [0.717, 1.165) is 49.5 Å². The maximum Gasteiger partial charge on any atom is 0.231 e. The molecule has 1 heterocycles. The van der Waals surface area contributed by atoms with Crippen LogP contribution in [0.2, 0.25) is 0 Å². The summed E-state index contributed by atoms with van der Waals surface area (Å²) in [5.74, 6) is 5.41. The van der Waals surface area contributed by atoms with Crippen LogP contribution in [0, 0.1) is 69.0 Å². The fourth-order valence-electron chi connectivity index (χ4n) is 13.6. The summed E-state index contributed by atoms with van der Waals surface area (Å²) in [6.07, 6.45) is 22.6. The summed E-state index contributed by atoms with van der Waals surface area (Å²) < 4.78 is 6.03. The number of rotatable bonds is 7. The van der Waals surface area contributed by atoms with E-state index >= 15 is 0 Å². The topological polar surface area (TPSA) is 57.9 Å². The fraction of sp³-hybridized carbons (Fsp3) is 0.721. The molecule has 0 bridgehead atoms. The van der Waals surface area contributed by atoms with E-state index in [1.165, 1.54) is 63.4 Å². The van der Waals surface area contributed by atoms with Gasteiger partial charge in [0.05, 0.1) is 6.61 Å². The first kappa shape index (κ1) is 33.1. The molecule has 6 aliphatic carbocycles. The minimum absolute atomic E-state index is 0.334. The molecule has 1 aromatic heterocycles. The van der Waals surface area contributed by atoms with Crippen molar-refractivity contribution in [1.29, 1.82) is 5.26 Å². The molecule has 254 valence electrons. The number of nitriles is 1. The molecule has 47 heavy (non-hydrogen) atoms. The summed E-state index contributed by atoms with van der Waals surface area (Å²) >= 11 is 0. The average Bonchev–Trinajstić information content (AvgIpc) is 3.45. The number of hydrogen-bond donors (Lipinski definition) is 1. The van der Waals surface area contributed by atoms with E-state index in [2.05, 4.69) is 76.6 Å². The van der Waals surface area contributed by atoms with E-state index in [-0.39, 0.29) is 0 Å². The van der Waals surface area contributed by atoms with E-state index in [1.807, 2.05) is 0 Å². The first-order chi connectivity index (χ1) is 22.5. The molecular formula is C43H61N3O. The molecule has 4 heteroatoms. The van der Waals surface area contributed by atoms with E-state index in [1.54, 1.807) is 29.5 Å². The first-order valence-electron chi connectivity index (χ1n) is 19.3. The maximum absolute atomic E-state index is 9.40. The van der Waals surface area contributed by atoms with Crippen molar-refractivity contribution >= 4 is 0 Å². The molecule has 1 N–H and O–H groups in total. The van der Waals surface area contributed by atoms with Gasteiger partial charge in [0.15, 0.2) is 0 Å². The Labute approximate surface area is 285 Å². The highest BCUT2D eigenvalue weighted by molar-refractivity contribution is 5.39. The smallest absolute Gasteiger partial charge is 0.231 e. The van der Waals surface area contributed by atoms with Gasteiger partial charge in [-0.25, -0.2) is 4.98 Å². The van der Waals surface area contributed by atoms with Gasteiger partial charge in [-0.05, 0) is 171 Å². The summed E-state index contributed by atoms with van der Waals surface area (Å²) in [6, 6.07) is 5.78. The van der Waals surface area contributed by atoms with Crippen molar-refractivity contribution < 1.29 is 4.74 Å². The van der Waals surface area contributed by atoms with E-state index in [4.69, 9.17) is 4.74 Å². The second-order valence-corrected chi connectivity index (χ2v) is 17.7. The molecule has 0 aliphatic heterocycles. The Kier molecular flexibility index (Phi) is 8.59. The van der Waals surface area contributed by atoms with E-state index in [9.17, 15) is 5.26 Å². The Hall–Kier alpha value is -2.38. The third-order valence-electron chi connectivity index (χ3n) is 16.0. The molecule has 0 saturated heterocycles. The van der Waals surface area contributed by atoms with Crippen molar-refractivity contribution in [2.24, 2.45) is 57.7 Å². The molecule has 0 radical (unpaired) electrons. The highest BCUT2D eigenvalue weighted by Crippen LogP contribution is 2.75. The summed E-state index contributed by atoms with van der Waals surface area (Å²) in [5, 5.41) is 13.5. The molecule has 7 rings (SSSR count). The van der Waals surface area contributed by atoms with Crippen LogP contribution in [0.4, 0.5) is 0 Å². The lowest BCUT2D eigenvalue weighted by molar-refractivity contribution is -0.215. The van der Waals surface area contributed by atoms with Gasteiger partial charge < -0.3 is 10.1 Å². The lowest BCUT2D eigenvalue weighted by atomic mass is 9.33. The normalized spacial score (nSPS) is 44.1. The van der Waals surface area contributed by atoms with Crippen molar-refractivity contribution in [2.45, 2.75) is 124 Å². The molecule has 11 atom stereocenters. The molecule has 9 unspecified atom stereocenters. The van der Waals surface area contributed by atoms with Gasteiger partial charge in [-0.2, -0.15) is 5.26 Å². The Morgan fingerprint density at radius 2 is 1.87 bits per heavy atom. The van der Waals surface area contributed by atoms with Gasteiger partial charge in [-0.1, -0.05) is 58.9 Å². The van der Waals surface area contributed by atoms with Gasteiger partial charge in [0.2, 0.25) is 5.88 Å². The van der Waals surface area contributed by atoms with Crippen molar-refractivity contribution in [3.05, 3.63) is 59.3 Å². The standard InChI is InChI=1S/C43H61N3O/c1-8-46-43-22-18-33(28(2)3)38(43)36-15-16-37-40(5)20-17-34(29(4)35(40)19-21-42(37,7)41(36,6)23-24-43)31-13-11-30(12-14-31)27-47-39-32(26-44)10-9-25-45-39/h9-10,13,17,25,29-30,33,35-38,46H,2,8,11-12,14-16,18-24,27H2,1,3-7H3/t29?,30?,33-,35?,36?,37?,38?,40?,41+,42?,43?/m0/s1. The monoisotopic (exact) mass is 635 g/mol. The van der Waals surface area contributed by atoms with Gasteiger partial charge in [-0.15, -0.1) is 0 Å². The molecule has 4 nitrogen and oxygen atoms in total. The second-order valence-electron chi connectivity index (χ2n) is 17.7. The average molecular weight is 636 g/mol. The van der Waals surface area contributed by atoms with Gasteiger partial charge in [-0.3, -0.25) is 0 Å². The predicted octanol–water partition coefficient (Wildman–Crippen LogP) is 10.2. The molecule has 0 aromatic carbocycles. The van der Waals surface area contributed by atoms with Crippen LogP contribution in [-0.4, -0.2) is 23.7 Å². The van der Waals surface area contributed by atoms with Gasteiger partial charge in [0, 0.05) is 11.7 Å². The highest BCUT2D eigenvalue weighted by Gasteiger charge is 2.69. The minimum Gasteiger partial charge on any atom is -0.476 e. The summed E-state index contributed by atoms with van der Waals surface area (Å²) in [5.41, 5.74) is 6.77. The van der Waals surface area contributed by atoms with Crippen molar-refractivity contribution in [2.75, 3.05) is 13.2 Å². The number of allylic oxidation sites excluding steroid dienone is 5. The zero-order chi connectivity index (χ0) is 33.2. The summed E-state index contributed by atoms with van der Waals surface area (Å²) in [6.45, 7) is 21.8. The quantitative estimate of drug-likeness (QED) is 0.303. The maximum atomic E-state index is 9.40. The lowest BCUT2D eigenvalue weighted by Gasteiger charge is -2.71. The van der Waals surface area contributed by atoms with E-state index < -0.39 is 0 Å². The van der Waals surface area contributed by atoms with Gasteiger partial charge in [0.25, 0.3) is 0 Å². The van der Waals surface area contributed by atoms with Crippen molar-refractivity contribution in [1.82, 2.24) is 10.3 Å². The Morgan fingerprint density at radius 3 is 2.60 bits per heavy atom. The van der Waals surface area contributed by atoms with Gasteiger partial charge >= 0.3 is 0 Å². The molecule has 4 saturated carbocycles. The minimum atomic E-state index is 0.334. The van der Waals surface area contributed by atoms with Crippen LogP contribution in [0.5, 0.6) is 5.88 Å². The molecular weight excluding hydrogens is 574 g/mol. The predicted molar refractivity (Wildman–Crippen MR) is 192 cm³/mol. The first-order valence-corrected chi connectivity index (χ1v) is 19.3. The Bertz CT molecular complexity index is 1490. The number of nitrogens with one attached hydrogen (secondary N) is 1. The third-order valence-corrected chi connectivity index (χ3v) is 16.0. The molecule has 0 amide bonds. The number of pyridine rings is 1. The van der Waals surface area contributed by atoms with Crippen LogP contribution < -0.4 is 10.1 Å². The SMILES string of the molecule is C=C(C)[C@@H]1CCC2(NCC)CC[C@]3(C)C(CCC4C5(C)CC=C(C6=CCC(COc7ncccc7C#N)CC6)C(C)C5CCC43C)C12. The van der Waals surface area contributed by atoms with Crippen LogP contribution in [0.25, 0.3) is 0 Å². The largest absolute Gasteiger partial charge is 0.476 e. The Morgan fingerprint density at radius 1 is 1.04 bits per heavy atom. The van der Waals surface area contributed by atoms with Crippen molar-refractivity contribution in [3.8, 4) is 11.9 Å². The van der Waals surface area contributed by atoms with Crippen LogP contribution in [-0.2, 0) is 0 Å². The Balaban J connectivity index is 1.09. The number of hydrogen-bond acceptors (Lipinski definition) is 4. The summed E-state index contributed by atoms with van der Waals surface area (Å²) in [7, 11) is 0. The summed E-state index contributed by atoms with van der Waals surface area (Å²) in [4.78, 5) is 4.30. The number of nitrogens with zero attached hydrogens (tertiary/aromatic N) is 2. The van der Waals surface area contributed by atoms with Crippen LogP contribution in [0.3, 0.4) is 0 Å². The number of ether oxygens (including phenoxy) is 1. The van der Waals surface area contributed by atoms with Crippen molar-refractivity contribution in [3.63, 3.8) is 0 Å². The second kappa shape index (κ2) is 12.2. The van der Waals surface area contributed by atoms with Gasteiger partial charge in [0.1, 0.15) is 11.6 Å². The third kappa shape index (κ3) is 5.03. The van der Waals surface area contributed by atoms with Crippen LogP contribution >= 0.6 is 0 Å². The lowest BCUT2D eigenvalue weighted by Crippen LogP contribution is -2.67. The molecule has 1 aromatic rings. The molecule has 6 aliphatic rings. The number of fused-ring (bicyclic) bond motifs is 7.